The zero-order valence-corrected chi connectivity index (χ0v) is 21.0. The Morgan fingerprint density at radius 3 is 2.29 bits per heavy atom. The van der Waals surface area contributed by atoms with Crippen molar-refractivity contribution >= 4 is 30.0 Å². The zero-order valence-electron chi connectivity index (χ0n) is 21.0. The number of carbonyl (C=O) groups is 1. The van der Waals surface area contributed by atoms with Gasteiger partial charge >= 0.3 is 5.97 Å². The number of benzene rings is 1. The van der Waals surface area contributed by atoms with E-state index in [1.165, 1.54) is 12.3 Å². The summed E-state index contributed by atoms with van der Waals surface area (Å²) in [6, 6.07) is 8.27. The molecule has 0 atom stereocenters. The van der Waals surface area contributed by atoms with Crippen molar-refractivity contribution in [3.8, 4) is 11.5 Å². The van der Waals surface area contributed by atoms with Crippen LogP contribution in [0.3, 0.4) is 0 Å². The summed E-state index contributed by atoms with van der Waals surface area (Å²) in [6.45, 7) is 7.52. The molecule has 38 heavy (non-hydrogen) atoms. The number of aromatic nitrogens is 3. The number of hydrazone groups is 1. The molecule has 2 aromatic heterocycles. The molecule has 0 aliphatic carbocycles. The zero-order chi connectivity index (χ0) is 26.2. The van der Waals surface area contributed by atoms with Gasteiger partial charge in [-0.3, -0.25) is 0 Å². The third kappa shape index (κ3) is 6.36. The highest BCUT2D eigenvalue weighted by Gasteiger charge is 2.21. The van der Waals surface area contributed by atoms with Crippen molar-refractivity contribution in [3.05, 3.63) is 47.9 Å². The smallest absolute Gasteiger partial charge is 0.379 e. The molecule has 1 aromatic carbocycles. The summed E-state index contributed by atoms with van der Waals surface area (Å²) in [5, 5.41) is 4.32. The van der Waals surface area contributed by atoms with E-state index < -0.39 is 5.97 Å². The number of ether oxygens (including phenoxy) is 4. The number of furan rings is 1. The van der Waals surface area contributed by atoms with Gasteiger partial charge in [-0.2, -0.15) is 20.1 Å². The third-order valence-corrected chi connectivity index (χ3v) is 5.77. The second-order valence-electron chi connectivity index (χ2n) is 8.33. The van der Waals surface area contributed by atoms with E-state index in [1.54, 1.807) is 30.5 Å². The number of carbonyl (C=O) groups excluding carboxylic acids is 1. The highest BCUT2D eigenvalue weighted by molar-refractivity contribution is 5.89. The molecule has 4 heterocycles. The minimum Gasteiger partial charge on any atom is -0.490 e. The van der Waals surface area contributed by atoms with Gasteiger partial charge in [0.1, 0.15) is 0 Å². The molecule has 13 heteroatoms. The molecule has 13 nitrogen and oxygen atoms in total. The molecule has 2 fully saturated rings. The van der Waals surface area contributed by atoms with Crippen LogP contribution in [0.15, 0.2) is 46.1 Å². The van der Waals surface area contributed by atoms with E-state index in [0.717, 1.165) is 5.56 Å². The van der Waals surface area contributed by atoms with Crippen molar-refractivity contribution in [1.82, 2.24) is 15.0 Å². The highest BCUT2D eigenvalue weighted by atomic mass is 16.6. The summed E-state index contributed by atoms with van der Waals surface area (Å²) < 4.78 is 27.1. The monoisotopic (exact) mass is 523 g/mol. The summed E-state index contributed by atoms with van der Waals surface area (Å²) in [5.41, 5.74) is 3.64. The molecule has 5 rings (SSSR count). The van der Waals surface area contributed by atoms with Crippen LogP contribution in [0.4, 0.5) is 17.8 Å². The predicted molar refractivity (Wildman–Crippen MR) is 138 cm³/mol. The number of anilines is 3. The second-order valence-corrected chi connectivity index (χ2v) is 8.33. The van der Waals surface area contributed by atoms with E-state index in [1.807, 2.05) is 6.92 Å². The standard InChI is InChI=1S/C25H29N7O6/c1-2-36-21-16-18(5-6-19(21)38-22(33)20-4-3-11-37-20)17-26-30-23-27-24(31-7-12-34-13-8-31)29-25(28-23)32-9-14-35-15-10-32/h3-6,11,16-17H,2,7-10,12-15H2,1H3,(H,27,28,29,30). The van der Waals surface area contributed by atoms with Crippen molar-refractivity contribution < 1.29 is 28.2 Å². The number of nitrogens with zero attached hydrogens (tertiary/aromatic N) is 6. The van der Waals surface area contributed by atoms with Crippen LogP contribution in [0.5, 0.6) is 11.5 Å². The van der Waals surface area contributed by atoms with Gasteiger partial charge in [-0.05, 0) is 42.8 Å². The third-order valence-electron chi connectivity index (χ3n) is 5.77. The Hall–Kier alpha value is -4.23. The first-order valence-electron chi connectivity index (χ1n) is 12.4. The van der Waals surface area contributed by atoms with E-state index >= 15 is 0 Å². The lowest BCUT2D eigenvalue weighted by molar-refractivity contribution is 0.0695. The summed E-state index contributed by atoms with van der Waals surface area (Å²) in [4.78, 5) is 30.3. The maximum atomic E-state index is 12.3. The van der Waals surface area contributed by atoms with E-state index in [2.05, 4.69) is 30.3 Å². The first-order chi connectivity index (χ1) is 18.7. The predicted octanol–water partition coefficient (Wildman–Crippen LogP) is 2.20. The van der Waals surface area contributed by atoms with Crippen molar-refractivity contribution in [2.45, 2.75) is 6.92 Å². The highest BCUT2D eigenvalue weighted by Crippen LogP contribution is 2.29. The van der Waals surface area contributed by atoms with E-state index in [4.69, 9.17) is 28.3 Å². The Kier molecular flexibility index (Phi) is 8.26. The van der Waals surface area contributed by atoms with Gasteiger partial charge in [0.05, 0.1) is 45.5 Å². The molecular formula is C25H29N7O6. The van der Waals surface area contributed by atoms with Crippen molar-refractivity contribution in [2.75, 3.05) is 74.4 Å². The molecule has 0 radical (unpaired) electrons. The summed E-state index contributed by atoms with van der Waals surface area (Å²) in [7, 11) is 0. The quantitative estimate of drug-likeness (QED) is 0.190. The van der Waals surface area contributed by atoms with E-state index in [9.17, 15) is 4.79 Å². The van der Waals surface area contributed by atoms with Crippen LogP contribution in [0, 0.1) is 0 Å². The molecule has 0 bridgehead atoms. The normalized spacial score (nSPS) is 16.0. The van der Waals surface area contributed by atoms with Gasteiger partial charge in [-0.1, -0.05) is 0 Å². The van der Waals surface area contributed by atoms with Gasteiger partial charge in [-0.15, -0.1) is 0 Å². The minimum absolute atomic E-state index is 0.104. The molecule has 200 valence electrons. The van der Waals surface area contributed by atoms with E-state index in [-0.39, 0.29) is 11.5 Å². The lowest BCUT2D eigenvalue weighted by Gasteiger charge is -2.30. The Balaban J connectivity index is 1.32. The van der Waals surface area contributed by atoms with Gasteiger partial charge in [0.15, 0.2) is 11.5 Å². The van der Waals surface area contributed by atoms with Crippen molar-refractivity contribution in [2.24, 2.45) is 5.10 Å². The number of hydrogen-bond acceptors (Lipinski definition) is 13. The maximum Gasteiger partial charge on any atom is 0.379 e. The molecule has 0 amide bonds. The minimum atomic E-state index is -0.610. The lowest BCUT2D eigenvalue weighted by Crippen LogP contribution is -2.40. The number of rotatable bonds is 9. The van der Waals surface area contributed by atoms with Crippen LogP contribution in [-0.2, 0) is 9.47 Å². The van der Waals surface area contributed by atoms with Crippen LogP contribution in [-0.4, -0.2) is 86.3 Å². The van der Waals surface area contributed by atoms with Crippen molar-refractivity contribution in [1.29, 1.82) is 0 Å². The van der Waals surface area contributed by atoms with Gasteiger partial charge in [0, 0.05) is 26.2 Å². The Morgan fingerprint density at radius 2 is 1.68 bits per heavy atom. The fourth-order valence-electron chi connectivity index (χ4n) is 3.88. The average molecular weight is 524 g/mol. The largest absolute Gasteiger partial charge is 0.490 e. The molecule has 1 N–H and O–H groups in total. The molecule has 2 saturated heterocycles. The Morgan fingerprint density at radius 1 is 1.00 bits per heavy atom. The van der Waals surface area contributed by atoms with Crippen LogP contribution < -0.4 is 24.7 Å². The second kappa shape index (κ2) is 12.3. The molecule has 0 saturated carbocycles. The van der Waals surface area contributed by atoms with Crippen molar-refractivity contribution in [3.63, 3.8) is 0 Å². The Labute approximate surface area is 219 Å². The SMILES string of the molecule is CCOc1cc(C=NNc2nc(N3CCOCC3)nc(N3CCOCC3)n2)ccc1OC(=O)c1ccco1. The topological polar surface area (TPSA) is 137 Å². The van der Waals surface area contributed by atoms with Gasteiger partial charge in [-0.25, -0.2) is 10.2 Å². The number of morpholine rings is 2. The Bertz CT molecular complexity index is 1200. The summed E-state index contributed by atoms with van der Waals surface area (Å²) in [6.07, 6.45) is 3.01. The maximum absolute atomic E-state index is 12.3. The molecule has 0 spiro atoms. The average Bonchev–Trinajstić information content (AvgIpc) is 3.51. The number of nitrogens with one attached hydrogen (secondary N) is 1. The first kappa shape index (κ1) is 25.4. The van der Waals surface area contributed by atoms with Crippen LogP contribution in [0.25, 0.3) is 0 Å². The molecule has 2 aliphatic heterocycles. The fourth-order valence-corrected chi connectivity index (χ4v) is 3.88. The first-order valence-corrected chi connectivity index (χ1v) is 12.4. The summed E-state index contributed by atoms with van der Waals surface area (Å²) >= 11 is 0. The van der Waals surface area contributed by atoms with E-state index in [0.29, 0.717) is 82.8 Å². The van der Waals surface area contributed by atoms with Gasteiger partial charge in [0.2, 0.25) is 23.6 Å². The number of esters is 1. The lowest BCUT2D eigenvalue weighted by atomic mass is 10.2. The van der Waals surface area contributed by atoms with Crippen LogP contribution >= 0.6 is 0 Å². The molecule has 3 aromatic rings. The van der Waals surface area contributed by atoms with Crippen LogP contribution in [0.1, 0.15) is 23.0 Å². The van der Waals surface area contributed by atoms with Gasteiger partial charge in [0.25, 0.3) is 0 Å². The molecule has 0 unspecified atom stereocenters. The summed E-state index contributed by atoms with van der Waals surface area (Å²) in [5.74, 6) is 1.65. The molecular weight excluding hydrogens is 494 g/mol. The molecule has 2 aliphatic rings. The fraction of sp³-hybridized carbons (Fsp3) is 0.400. The van der Waals surface area contributed by atoms with Gasteiger partial charge < -0.3 is 33.2 Å². The number of hydrogen-bond donors (Lipinski definition) is 1. The van der Waals surface area contributed by atoms with Crippen LogP contribution in [0.2, 0.25) is 0 Å².